The molecule has 176 valence electrons. The van der Waals surface area contributed by atoms with Crippen molar-refractivity contribution in [2.24, 2.45) is 5.92 Å². The maximum Gasteiger partial charge on any atom is 0.262 e. The highest BCUT2D eigenvalue weighted by atomic mass is 32.2. The Bertz CT molecular complexity index is 1180. The second-order valence-corrected chi connectivity index (χ2v) is 10.1. The van der Waals surface area contributed by atoms with Crippen LogP contribution in [0, 0.1) is 12.8 Å². The second-order valence-electron chi connectivity index (χ2n) is 8.22. The van der Waals surface area contributed by atoms with E-state index in [0.29, 0.717) is 48.7 Å². The molecule has 1 fully saturated rings. The Balaban J connectivity index is 1.46. The number of aryl methyl sites for hydroxylation is 1. The number of rotatable bonds is 6. The summed E-state index contributed by atoms with van der Waals surface area (Å²) in [5.74, 6) is 0.138. The van der Waals surface area contributed by atoms with Crippen molar-refractivity contribution in [2.75, 3.05) is 32.1 Å². The molecule has 0 saturated carbocycles. The molecule has 0 bridgehead atoms. The summed E-state index contributed by atoms with van der Waals surface area (Å²) >= 11 is 0. The smallest absolute Gasteiger partial charge is 0.262 e. The Morgan fingerprint density at radius 2 is 2.12 bits per heavy atom. The van der Waals surface area contributed by atoms with Crippen molar-refractivity contribution in [1.82, 2.24) is 9.62 Å². The third kappa shape index (κ3) is 4.96. The van der Waals surface area contributed by atoms with Gasteiger partial charge < -0.3 is 20.1 Å². The number of nitrogens with one attached hydrogen (secondary N) is 2. The topological polar surface area (TPSA) is 114 Å². The normalized spacial score (nSPS) is 18.6. The average Bonchev–Trinajstić information content (AvgIpc) is 2.82. The number of hydrogen-bond donors (Lipinski definition) is 2. The fourth-order valence-electron chi connectivity index (χ4n) is 4.12. The molecule has 2 aromatic carbocycles. The highest BCUT2D eigenvalue weighted by molar-refractivity contribution is 7.89. The van der Waals surface area contributed by atoms with E-state index in [9.17, 15) is 18.0 Å². The molecule has 0 radical (unpaired) electrons. The van der Waals surface area contributed by atoms with E-state index < -0.39 is 15.9 Å². The molecule has 0 aromatic heterocycles. The number of carbonyl (C=O) groups is 2. The molecule has 33 heavy (non-hydrogen) atoms. The summed E-state index contributed by atoms with van der Waals surface area (Å²) in [4.78, 5) is 24.5. The Kier molecular flexibility index (Phi) is 6.57. The molecule has 1 atom stereocenters. The molecule has 4 rings (SSSR count). The number of hydrogen-bond acceptors (Lipinski definition) is 6. The molecular weight excluding hydrogens is 446 g/mol. The monoisotopic (exact) mass is 473 g/mol. The Morgan fingerprint density at radius 1 is 1.30 bits per heavy atom. The van der Waals surface area contributed by atoms with E-state index >= 15 is 0 Å². The van der Waals surface area contributed by atoms with Gasteiger partial charge in [-0.05, 0) is 49.1 Å². The minimum atomic E-state index is -3.84. The van der Waals surface area contributed by atoms with Gasteiger partial charge in [-0.25, -0.2) is 8.42 Å². The average molecular weight is 474 g/mol. The van der Waals surface area contributed by atoms with Gasteiger partial charge in [-0.1, -0.05) is 12.1 Å². The first-order valence-corrected chi connectivity index (χ1v) is 12.2. The van der Waals surface area contributed by atoms with Crippen LogP contribution in [0.5, 0.6) is 11.5 Å². The van der Waals surface area contributed by atoms with Gasteiger partial charge in [0.05, 0.1) is 23.6 Å². The molecule has 2 heterocycles. The summed E-state index contributed by atoms with van der Waals surface area (Å²) in [5.41, 5.74) is 1.86. The van der Waals surface area contributed by atoms with Crippen LogP contribution in [-0.2, 0) is 26.2 Å². The zero-order valence-electron chi connectivity index (χ0n) is 18.6. The van der Waals surface area contributed by atoms with Crippen molar-refractivity contribution < 1.29 is 27.5 Å². The maximum absolute atomic E-state index is 13.4. The Morgan fingerprint density at radius 3 is 2.91 bits per heavy atom. The van der Waals surface area contributed by atoms with Crippen LogP contribution >= 0.6 is 0 Å². The lowest BCUT2D eigenvalue weighted by atomic mass is 9.99. The van der Waals surface area contributed by atoms with Gasteiger partial charge in [0.25, 0.3) is 5.91 Å². The molecule has 10 heteroatoms. The molecule has 2 aliphatic rings. The van der Waals surface area contributed by atoms with Gasteiger partial charge in [0.1, 0.15) is 11.5 Å². The lowest BCUT2D eigenvalue weighted by molar-refractivity contribution is -0.126. The SMILES string of the molecule is COc1cccc(CNC(=O)[C@H]2CCCN(S(=O)(=O)c3cc4c(cc3C)NC(=O)CO4)C2)c1. The summed E-state index contributed by atoms with van der Waals surface area (Å²) < 4.78 is 38.8. The van der Waals surface area contributed by atoms with Gasteiger partial charge in [0.15, 0.2) is 6.61 Å². The van der Waals surface area contributed by atoms with E-state index in [1.807, 2.05) is 24.3 Å². The molecular formula is C23H27N3O6S. The highest BCUT2D eigenvalue weighted by Crippen LogP contribution is 2.35. The van der Waals surface area contributed by atoms with Crippen LogP contribution < -0.4 is 20.1 Å². The maximum atomic E-state index is 13.4. The van der Waals surface area contributed by atoms with Gasteiger partial charge in [-0.3, -0.25) is 9.59 Å². The van der Waals surface area contributed by atoms with Crippen LogP contribution in [-0.4, -0.2) is 51.3 Å². The number of fused-ring (bicyclic) bond motifs is 1. The van der Waals surface area contributed by atoms with E-state index in [1.54, 1.807) is 20.1 Å². The zero-order chi connectivity index (χ0) is 23.6. The van der Waals surface area contributed by atoms with E-state index in [-0.39, 0.29) is 29.9 Å². The Labute approximate surface area is 193 Å². The van der Waals surface area contributed by atoms with Crippen molar-refractivity contribution >= 4 is 27.5 Å². The molecule has 2 aromatic rings. The number of nitrogens with zero attached hydrogens (tertiary/aromatic N) is 1. The van der Waals surface area contributed by atoms with Crippen LogP contribution in [0.25, 0.3) is 0 Å². The number of amides is 2. The molecule has 2 amide bonds. The number of benzene rings is 2. The minimum Gasteiger partial charge on any atom is -0.497 e. The largest absolute Gasteiger partial charge is 0.497 e. The number of anilines is 1. The fraction of sp³-hybridized carbons (Fsp3) is 0.391. The molecule has 0 aliphatic carbocycles. The zero-order valence-corrected chi connectivity index (χ0v) is 19.4. The first-order chi connectivity index (χ1) is 15.8. The van der Waals surface area contributed by atoms with Crippen molar-refractivity contribution in [2.45, 2.75) is 31.2 Å². The molecule has 0 spiro atoms. The number of sulfonamides is 1. The van der Waals surface area contributed by atoms with Gasteiger partial charge in [-0.15, -0.1) is 0 Å². The molecule has 2 aliphatic heterocycles. The first-order valence-electron chi connectivity index (χ1n) is 10.8. The van der Waals surface area contributed by atoms with E-state index in [0.717, 1.165) is 5.56 Å². The van der Waals surface area contributed by atoms with Gasteiger partial charge >= 0.3 is 0 Å². The molecule has 0 unspecified atom stereocenters. The predicted octanol–water partition coefficient (Wildman–Crippen LogP) is 2.05. The second kappa shape index (κ2) is 9.40. The Hall–Kier alpha value is -3.11. The number of ether oxygens (including phenoxy) is 2. The van der Waals surface area contributed by atoms with Crippen molar-refractivity contribution in [1.29, 1.82) is 0 Å². The van der Waals surface area contributed by atoms with E-state index in [2.05, 4.69) is 10.6 Å². The lowest BCUT2D eigenvalue weighted by Gasteiger charge is -2.32. The van der Waals surface area contributed by atoms with E-state index in [1.165, 1.54) is 10.4 Å². The molecule has 1 saturated heterocycles. The van der Waals surface area contributed by atoms with Crippen LogP contribution in [0.2, 0.25) is 0 Å². The predicted molar refractivity (Wildman–Crippen MR) is 122 cm³/mol. The minimum absolute atomic E-state index is 0.112. The number of methoxy groups -OCH3 is 1. The summed E-state index contributed by atoms with van der Waals surface area (Å²) in [5, 5.41) is 5.59. The van der Waals surface area contributed by atoms with Crippen LogP contribution in [0.15, 0.2) is 41.3 Å². The fourth-order valence-corrected chi connectivity index (χ4v) is 5.87. The van der Waals surface area contributed by atoms with Gasteiger partial charge in [0, 0.05) is 25.7 Å². The lowest BCUT2D eigenvalue weighted by Crippen LogP contribution is -2.45. The first kappa shape index (κ1) is 23.1. The molecule has 2 N–H and O–H groups in total. The van der Waals surface area contributed by atoms with Crippen LogP contribution in [0.4, 0.5) is 5.69 Å². The van der Waals surface area contributed by atoms with Gasteiger partial charge in [0.2, 0.25) is 15.9 Å². The van der Waals surface area contributed by atoms with E-state index in [4.69, 9.17) is 9.47 Å². The van der Waals surface area contributed by atoms with Crippen molar-refractivity contribution in [3.05, 3.63) is 47.5 Å². The quantitative estimate of drug-likeness (QED) is 0.664. The van der Waals surface area contributed by atoms with Crippen LogP contribution in [0.1, 0.15) is 24.0 Å². The summed E-state index contributed by atoms with van der Waals surface area (Å²) in [6.45, 7) is 2.31. The van der Waals surface area contributed by atoms with Gasteiger partial charge in [-0.2, -0.15) is 4.31 Å². The third-order valence-corrected chi connectivity index (χ3v) is 7.89. The summed E-state index contributed by atoms with van der Waals surface area (Å²) in [7, 11) is -2.25. The van der Waals surface area contributed by atoms with Crippen molar-refractivity contribution in [3.8, 4) is 11.5 Å². The summed E-state index contributed by atoms with van der Waals surface area (Å²) in [6, 6.07) is 10.5. The number of piperidine rings is 1. The highest BCUT2D eigenvalue weighted by Gasteiger charge is 2.35. The van der Waals surface area contributed by atoms with Crippen molar-refractivity contribution in [3.63, 3.8) is 0 Å². The van der Waals surface area contributed by atoms with Crippen LogP contribution in [0.3, 0.4) is 0 Å². The standard InChI is InChI=1S/C23H27N3O6S/c1-15-9-19-20(32-14-22(27)25-19)11-21(15)33(29,30)26-8-4-6-17(13-26)23(28)24-12-16-5-3-7-18(10-16)31-2/h3,5,7,9-11,17H,4,6,8,12-14H2,1-2H3,(H,24,28)(H,25,27)/t17-/m0/s1. The summed E-state index contributed by atoms with van der Waals surface area (Å²) in [6.07, 6.45) is 1.21. The number of carbonyl (C=O) groups excluding carboxylic acids is 2. The third-order valence-electron chi connectivity index (χ3n) is 5.88. The molecule has 9 nitrogen and oxygen atoms in total.